The zero-order chi connectivity index (χ0) is 25.1. The number of amides is 1. The molecule has 3 heterocycles. The van der Waals surface area contributed by atoms with Crippen LogP contribution in [0, 0.1) is 5.92 Å². The van der Waals surface area contributed by atoms with Crippen LogP contribution < -0.4 is 0 Å². The SMILES string of the molecule is O=C(C1CCN(Cc2nc(-c3cccc(Br)c3)no2)CC1)N1CCN(S(=O)(=O)c2ccccc2)CC1. The van der Waals surface area contributed by atoms with Crippen molar-refractivity contribution in [2.24, 2.45) is 5.92 Å². The molecule has 9 nitrogen and oxygen atoms in total. The molecule has 2 fully saturated rings. The van der Waals surface area contributed by atoms with Gasteiger partial charge in [0.15, 0.2) is 0 Å². The van der Waals surface area contributed by atoms with E-state index in [4.69, 9.17) is 4.52 Å². The first-order valence-corrected chi connectivity index (χ1v) is 14.3. The summed E-state index contributed by atoms with van der Waals surface area (Å²) in [5, 5.41) is 4.10. The van der Waals surface area contributed by atoms with Crippen LogP contribution in [0.4, 0.5) is 0 Å². The molecule has 0 unspecified atom stereocenters. The van der Waals surface area contributed by atoms with E-state index in [-0.39, 0.29) is 11.8 Å². The van der Waals surface area contributed by atoms with Crippen molar-refractivity contribution in [3.63, 3.8) is 0 Å². The highest BCUT2D eigenvalue weighted by molar-refractivity contribution is 9.10. The summed E-state index contributed by atoms with van der Waals surface area (Å²) >= 11 is 3.46. The summed E-state index contributed by atoms with van der Waals surface area (Å²) in [5.74, 6) is 1.20. The van der Waals surface area contributed by atoms with Crippen LogP contribution in [0.3, 0.4) is 0 Å². The number of piperazine rings is 1. The molecule has 2 aromatic carbocycles. The zero-order valence-electron chi connectivity index (χ0n) is 19.8. The Morgan fingerprint density at radius 1 is 0.972 bits per heavy atom. The number of likely N-dealkylation sites (tertiary alicyclic amines) is 1. The number of carbonyl (C=O) groups excluding carboxylic acids is 1. The summed E-state index contributed by atoms with van der Waals surface area (Å²) in [4.78, 5) is 22.0. The van der Waals surface area contributed by atoms with Crippen LogP contribution in [0.15, 0.2) is 68.5 Å². The van der Waals surface area contributed by atoms with E-state index in [1.54, 1.807) is 30.3 Å². The predicted molar refractivity (Wildman–Crippen MR) is 137 cm³/mol. The topological polar surface area (TPSA) is 99.8 Å². The van der Waals surface area contributed by atoms with Gasteiger partial charge in [-0.2, -0.15) is 9.29 Å². The van der Waals surface area contributed by atoms with Crippen molar-refractivity contribution in [2.45, 2.75) is 24.3 Å². The Morgan fingerprint density at radius 3 is 2.39 bits per heavy atom. The zero-order valence-corrected chi connectivity index (χ0v) is 22.2. The maximum Gasteiger partial charge on any atom is 0.243 e. The molecule has 2 aliphatic heterocycles. The fraction of sp³-hybridized carbons (Fsp3) is 0.400. The highest BCUT2D eigenvalue weighted by Crippen LogP contribution is 2.25. The molecule has 3 aromatic rings. The molecule has 0 spiro atoms. The molecule has 0 saturated carbocycles. The molecule has 190 valence electrons. The number of benzene rings is 2. The van der Waals surface area contributed by atoms with Crippen molar-refractivity contribution >= 4 is 31.9 Å². The molecule has 0 N–H and O–H groups in total. The number of piperidine rings is 1. The lowest BCUT2D eigenvalue weighted by Gasteiger charge is -2.38. The summed E-state index contributed by atoms with van der Waals surface area (Å²) in [5.41, 5.74) is 0.889. The first-order valence-electron chi connectivity index (χ1n) is 12.0. The van der Waals surface area contributed by atoms with Crippen LogP contribution in [-0.4, -0.2) is 77.8 Å². The van der Waals surface area contributed by atoms with Gasteiger partial charge < -0.3 is 9.42 Å². The molecule has 2 aliphatic rings. The third kappa shape index (κ3) is 5.54. The number of rotatable bonds is 6. The largest absolute Gasteiger partial charge is 0.340 e. The Kier molecular flexibility index (Phi) is 7.52. The van der Waals surface area contributed by atoms with Gasteiger partial charge in [-0.15, -0.1) is 0 Å². The van der Waals surface area contributed by atoms with Crippen molar-refractivity contribution in [3.05, 3.63) is 65.0 Å². The molecule has 0 bridgehead atoms. The molecule has 0 radical (unpaired) electrons. The van der Waals surface area contributed by atoms with E-state index < -0.39 is 10.0 Å². The van der Waals surface area contributed by atoms with E-state index >= 15 is 0 Å². The number of hydrogen-bond donors (Lipinski definition) is 0. The van der Waals surface area contributed by atoms with Gasteiger partial charge in [-0.3, -0.25) is 9.69 Å². The number of nitrogens with zero attached hydrogens (tertiary/aromatic N) is 5. The van der Waals surface area contributed by atoms with Crippen molar-refractivity contribution in [1.29, 1.82) is 0 Å². The third-order valence-electron chi connectivity index (χ3n) is 6.78. The minimum absolute atomic E-state index is 0.0431. The van der Waals surface area contributed by atoms with Crippen LogP contribution >= 0.6 is 15.9 Å². The Bertz CT molecular complexity index is 1300. The maximum absolute atomic E-state index is 13.1. The Balaban J connectivity index is 1.10. The first-order chi connectivity index (χ1) is 17.4. The highest BCUT2D eigenvalue weighted by Gasteiger charge is 2.34. The lowest BCUT2D eigenvalue weighted by Crippen LogP contribution is -2.52. The molecule has 1 aromatic heterocycles. The van der Waals surface area contributed by atoms with Gasteiger partial charge in [-0.05, 0) is 50.2 Å². The fourth-order valence-corrected chi connectivity index (χ4v) is 6.58. The first kappa shape index (κ1) is 25.1. The second kappa shape index (κ2) is 10.8. The van der Waals surface area contributed by atoms with Gasteiger partial charge in [0, 0.05) is 42.1 Å². The van der Waals surface area contributed by atoms with E-state index in [0.29, 0.717) is 49.3 Å². The quantitative estimate of drug-likeness (QED) is 0.446. The Morgan fingerprint density at radius 2 is 1.69 bits per heavy atom. The van der Waals surface area contributed by atoms with E-state index in [0.717, 1.165) is 36.0 Å². The monoisotopic (exact) mass is 573 g/mol. The van der Waals surface area contributed by atoms with Crippen LogP contribution in [0.25, 0.3) is 11.4 Å². The molecule has 5 rings (SSSR count). The van der Waals surface area contributed by atoms with Crippen molar-refractivity contribution in [3.8, 4) is 11.4 Å². The van der Waals surface area contributed by atoms with Crippen LogP contribution in [0.1, 0.15) is 18.7 Å². The molecular formula is C25H28BrN5O4S. The van der Waals surface area contributed by atoms with Gasteiger partial charge in [0.25, 0.3) is 0 Å². The maximum atomic E-state index is 13.1. The van der Waals surface area contributed by atoms with Gasteiger partial charge in [0.1, 0.15) is 0 Å². The lowest BCUT2D eigenvalue weighted by molar-refractivity contribution is -0.138. The van der Waals surface area contributed by atoms with Gasteiger partial charge in [0.05, 0.1) is 11.4 Å². The standard InChI is InChI=1S/C25H28BrN5O4S/c26-21-6-4-5-20(17-21)24-27-23(35-28-24)18-29-11-9-19(10-12-29)25(32)30-13-15-31(16-14-30)36(33,34)22-7-2-1-3-8-22/h1-8,17,19H,9-16,18H2. The van der Waals surface area contributed by atoms with E-state index in [1.807, 2.05) is 29.2 Å². The average molecular weight is 575 g/mol. The van der Waals surface area contributed by atoms with Gasteiger partial charge >= 0.3 is 0 Å². The summed E-state index contributed by atoms with van der Waals surface area (Å²) in [6.45, 7) is 3.58. The van der Waals surface area contributed by atoms with E-state index in [2.05, 4.69) is 31.0 Å². The van der Waals surface area contributed by atoms with Crippen molar-refractivity contribution < 1.29 is 17.7 Å². The summed E-state index contributed by atoms with van der Waals surface area (Å²) in [6, 6.07) is 16.2. The highest BCUT2D eigenvalue weighted by atomic mass is 79.9. The van der Waals surface area contributed by atoms with E-state index in [9.17, 15) is 13.2 Å². The number of sulfonamides is 1. The predicted octanol–water partition coefficient (Wildman–Crippen LogP) is 3.24. The molecule has 2 saturated heterocycles. The van der Waals surface area contributed by atoms with Gasteiger partial charge in [-0.25, -0.2) is 8.42 Å². The Hall–Kier alpha value is -2.60. The number of aromatic nitrogens is 2. The lowest BCUT2D eigenvalue weighted by atomic mass is 9.95. The molecular weight excluding hydrogens is 546 g/mol. The summed E-state index contributed by atoms with van der Waals surface area (Å²) in [7, 11) is -3.52. The van der Waals surface area contributed by atoms with Crippen LogP contribution in [0.2, 0.25) is 0 Å². The summed E-state index contributed by atoms with van der Waals surface area (Å²) in [6.07, 6.45) is 1.52. The molecule has 1 amide bonds. The van der Waals surface area contributed by atoms with Crippen molar-refractivity contribution in [2.75, 3.05) is 39.3 Å². The van der Waals surface area contributed by atoms with Gasteiger partial charge in [0.2, 0.25) is 27.6 Å². The molecule has 11 heteroatoms. The minimum Gasteiger partial charge on any atom is -0.340 e. The summed E-state index contributed by atoms with van der Waals surface area (Å²) < 4.78 is 33.6. The normalized spacial score (nSPS) is 18.4. The average Bonchev–Trinajstić information content (AvgIpc) is 3.38. The van der Waals surface area contributed by atoms with Crippen LogP contribution in [0.5, 0.6) is 0 Å². The smallest absolute Gasteiger partial charge is 0.243 e. The van der Waals surface area contributed by atoms with Crippen molar-refractivity contribution in [1.82, 2.24) is 24.2 Å². The second-order valence-corrected chi connectivity index (χ2v) is 12.0. The number of halogens is 1. The number of hydrogen-bond acceptors (Lipinski definition) is 7. The van der Waals surface area contributed by atoms with E-state index in [1.165, 1.54) is 4.31 Å². The molecule has 0 atom stereocenters. The Labute approximate surface area is 219 Å². The van der Waals surface area contributed by atoms with Gasteiger partial charge in [-0.1, -0.05) is 51.4 Å². The molecule has 36 heavy (non-hydrogen) atoms. The fourth-order valence-electron chi connectivity index (χ4n) is 4.74. The van der Waals surface area contributed by atoms with Crippen LogP contribution in [-0.2, 0) is 21.4 Å². The number of carbonyl (C=O) groups is 1. The minimum atomic E-state index is -3.52. The third-order valence-corrected chi connectivity index (χ3v) is 9.18. The second-order valence-electron chi connectivity index (χ2n) is 9.11. The molecule has 0 aliphatic carbocycles.